The fourth-order valence-corrected chi connectivity index (χ4v) is 6.73. The van der Waals surface area contributed by atoms with Gasteiger partial charge in [0.05, 0.1) is 32.5 Å². The van der Waals surface area contributed by atoms with Crippen LogP contribution in [0, 0.1) is 0 Å². The topological polar surface area (TPSA) is 89.7 Å². The van der Waals surface area contributed by atoms with E-state index in [-0.39, 0.29) is 17.9 Å². The molecule has 2 fully saturated rings. The first-order valence-corrected chi connectivity index (χ1v) is 14.6. The molecule has 0 aromatic carbocycles. The first-order valence-electron chi connectivity index (χ1n) is 11.2. The van der Waals surface area contributed by atoms with Crippen LogP contribution in [0.5, 0.6) is 0 Å². The van der Waals surface area contributed by atoms with Crippen molar-refractivity contribution in [3.63, 3.8) is 0 Å². The van der Waals surface area contributed by atoms with Crippen molar-refractivity contribution in [1.29, 1.82) is 0 Å². The van der Waals surface area contributed by atoms with Crippen LogP contribution in [0.25, 0.3) is 0 Å². The molecule has 2 aliphatic heterocycles. The van der Waals surface area contributed by atoms with Gasteiger partial charge >= 0.3 is 18.1 Å². The van der Waals surface area contributed by atoms with E-state index < -0.39 is 18.1 Å². The lowest BCUT2D eigenvalue weighted by Crippen LogP contribution is -2.55. The maximum absolute atomic E-state index is 5.78. The lowest BCUT2D eigenvalue weighted by atomic mass is 10.3. The van der Waals surface area contributed by atoms with Crippen LogP contribution in [-0.2, 0) is 41.1 Å². The van der Waals surface area contributed by atoms with Crippen LogP contribution in [0.1, 0.15) is 40.5 Å². The number of rotatable bonds is 18. The highest BCUT2D eigenvalue weighted by atomic mass is 28.4. The van der Waals surface area contributed by atoms with E-state index in [1.807, 2.05) is 20.8 Å². The molecule has 0 aromatic heterocycles. The van der Waals surface area contributed by atoms with Crippen molar-refractivity contribution in [2.75, 3.05) is 61.0 Å². The zero-order chi connectivity index (χ0) is 23.1. The zero-order valence-corrected chi connectivity index (χ0v) is 22.3. The van der Waals surface area contributed by atoms with Crippen LogP contribution < -0.4 is 0 Å². The van der Waals surface area contributed by atoms with Crippen molar-refractivity contribution in [2.45, 2.75) is 70.6 Å². The van der Waals surface area contributed by atoms with E-state index in [1.165, 1.54) is 0 Å². The molecule has 0 spiro atoms. The van der Waals surface area contributed by atoms with Gasteiger partial charge in [-0.15, -0.1) is 0 Å². The van der Waals surface area contributed by atoms with E-state index in [0.717, 1.165) is 45.3 Å². The normalized spacial score (nSPS) is 22.1. The Morgan fingerprint density at radius 2 is 1.29 bits per heavy atom. The van der Waals surface area contributed by atoms with Gasteiger partial charge in [0, 0.05) is 40.6 Å². The maximum atomic E-state index is 5.78. The minimum Gasteiger partial charge on any atom is -0.394 e. The monoisotopic (exact) mass is 483 g/mol. The van der Waals surface area contributed by atoms with E-state index >= 15 is 0 Å². The van der Waals surface area contributed by atoms with Gasteiger partial charge in [0.2, 0.25) is 0 Å². The molecule has 1 radical (unpaired) electrons. The third-order valence-corrected chi connectivity index (χ3v) is 9.97. The summed E-state index contributed by atoms with van der Waals surface area (Å²) in [5, 5.41) is 0. The second-order valence-electron chi connectivity index (χ2n) is 7.16. The average Bonchev–Trinajstić information content (AvgIpc) is 3.70. The van der Waals surface area contributed by atoms with Gasteiger partial charge in [-0.1, -0.05) is 13.8 Å². The number of hydrogen-bond acceptors (Lipinski definition) is 9. The zero-order valence-electron chi connectivity index (χ0n) is 20.3. The Morgan fingerprint density at radius 1 is 0.806 bits per heavy atom. The third kappa shape index (κ3) is 11.7. The van der Waals surface area contributed by atoms with Crippen LogP contribution in [0.3, 0.4) is 0 Å². The van der Waals surface area contributed by atoms with Crippen LogP contribution >= 0.6 is 0 Å². The minimum atomic E-state index is -2.66. The molecule has 0 aromatic rings. The Labute approximate surface area is 191 Å². The maximum Gasteiger partial charge on any atom is 0.530 e. The van der Waals surface area contributed by atoms with Gasteiger partial charge in [0.25, 0.3) is 0 Å². The van der Waals surface area contributed by atoms with Gasteiger partial charge in [-0.25, -0.2) is 0 Å². The molecular weight excluding hydrogens is 440 g/mol. The first kappa shape index (κ1) is 29.1. The molecule has 9 nitrogen and oxygen atoms in total. The summed E-state index contributed by atoms with van der Waals surface area (Å²) >= 11 is 0. The lowest BCUT2D eigenvalue weighted by molar-refractivity contribution is 0.00651. The van der Waals surface area contributed by atoms with Gasteiger partial charge in [0.1, 0.15) is 17.9 Å². The first-order chi connectivity index (χ1) is 15.0. The van der Waals surface area contributed by atoms with E-state index in [1.54, 1.807) is 21.3 Å². The van der Waals surface area contributed by atoms with Crippen molar-refractivity contribution in [3.8, 4) is 0 Å². The largest absolute Gasteiger partial charge is 0.530 e. The molecule has 2 saturated heterocycles. The Bertz CT molecular complexity index is 421. The molecule has 4 unspecified atom stereocenters. The molecular formula is C20H43O9Si2. The predicted molar refractivity (Wildman–Crippen MR) is 120 cm³/mol. The highest BCUT2D eigenvalue weighted by molar-refractivity contribution is 6.62. The molecule has 0 bridgehead atoms. The van der Waals surface area contributed by atoms with Crippen molar-refractivity contribution in [3.05, 3.63) is 0 Å². The van der Waals surface area contributed by atoms with Crippen molar-refractivity contribution in [1.82, 2.24) is 0 Å². The Balaban J connectivity index is 0.000000311. The standard InChI is InChI=1S/C11H23O4Si.C9H20O5Si/c1-4-10(12-7-11-8-13-11)9-16(14-5-2)15-6-3;1-5-9(14-7-8-6-13-8)15(10-2,11-3)12-4/h10-11H,4-9H2,1-3H3;8-9H,5-7H2,1-4H3. The lowest BCUT2D eigenvalue weighted by Gasteiger charge is -2.31. The van der Waals surface area contributed by atoms with E-state index in [2.05, 4.69) is 6.92 Å². The van der Waals surface area contributed by atoms with E-state index in [0.29, 0.717) is 19.3 Å². The van der Waals surface area contributed by atoms with Crippen LogP contribution in [0.4, 0.5) is 0 Å². The molecule has 185 valence electrons. The fourth-order valence-electron chi connectivity index (χ4n) is 2.90. The Morgan fingerprint density at radius 3 is 1.65 bits per heavy atom. The number of epoxide rings is 2. The molecule has 31 heavy (non-hydrogen) atoms. The highest BCUT2D eigenvalue weighted by Gasteiger charge is 2.48. The second-order valence-corrected chi connectivity index (χ2v) is 12.0. The Kier molecular flexibility index (Phi) is 15.6. The fraction of sp³-hybridized carbons (Fsp3) is 1.00. The number of ether oxygens (including phenoxy) is 4. The van der Waals surface area contributed by atoms with Crippen molar-refractivity contribution >= 4 is 18.1 Å². The van der Waals surface area contributed by atoms with Crippen molar-refractivity contribution in [2.24, 2.45) is 0 Å². The van der Waals surface area contributed by atoms with Gasteiger partial charge in [-0.05, 0) is 26.7 Å². The van der Waals surface area contributed by atoms with Gasteiger partial charge in [-0.2, -0.15) is 0 Å². The summed E-state index contributed by atoms with van der Waals surface area (Å²) in [5.41, 5.74) is -0.123. The van der Waals surface area contributed by atoms with Gasteiger partial charge < -0.3 is 41.1 Å². The van der Waals surface area contributed by atoms with E-state index in [9.17, 15) is 0 Å². The minimum absolute atomic E-state index is 0.123. The summed E-state index contributed by atoms with van der Waals surface area (Å²) in [6.07, 6.45) is 2.63. The van der Waals surface area contributed by atoms with Gasteiger partial charge in [0.15, 0.2) is 0 Å². The van der Waals surface area contributed by atoms with Crippen LogP contribution in [0.2, 0.25) is 6.04 Å². The Hall–Kier alpha value is 0.0738. The van der Waals surface area contributed by atoms with Crippen molar-refractivity contribution < 1.29 is 41.1 Å². The predicted octanol–water partition coefficient (Wildman–Crippen LogP) is 2.34. The summed E-state index contributed by atoms with van der Waals surface area (Å²) in [4.78, 5) is 0. The van der Waals surface area contributed by atoms with Crippen LogP contribution in [0.15, 0.2) is 0 Å². The molecule has 2 heterocycles. The average molecular weight is 484 g/mol. The van der Waals surface area contributed by atoms with Crippen LogP contribution in [-0.4, -0.2) is 103 Å². The molecule has 2 rings (SSSR count). The number of hydrogen-bond donors (Lipinski definition) is 0. The summed E-state index contributed by atoms with van der Waals surface area (Å²) in [7, 11) is 0.975. The molecule has 0 amide bonds. The molecule has 0 aliphatic carbocycles. The summed E-state index contributed by atoms with van der Waals surface area (Å²) in [6.45, 7) is 12.5. The summed E-state index contributed by atoms with van der Waals surface area (Å²) in [5.74, 6) is 0. The van der Waals surface area contributed by atoms with Gasteiger partial charge in [-0.3, -0.25) is 0 Å². The molecule has 11 heteroatoms. The molecule has 2 aliphatic rings. The molecule has 4 atom stereocenters. The quantitative estimate of drug-likeness (QED) is 0.215. The molecule has 0 saturated carbocycles. The SMILES string of the molecule is CCC(OCC1CO1)[Si](OC)(OC)OC.CCO[Si](CC(CC)OCC1CO1)OCC. The summed E-state index contributed by atoms with van der Waals surface area (Å²) < 4.78 is 49.0. The molecule has 0 N–H and O–H groups in total. The summed E-state index contributed by atoms with van der Waals surface area (Å²) in [6, 6.07) is 0.898. The highest BCUT2D eigenvalue weighted by Crippen LogP contribution is 2.20. The van der Waals surface area contributed by atoms with E-state index in [4.69, 9.17) is 41.1 Å². The third-order valence-electron chi connectivity index (χ3n) is 4.88. The smallest absolute Gasteiger partial charge is 0.394 e. The second kappa shape index (κ2) is 16.7.